The van der Waals surface area contributed by atoms with Gasteiger partial charge in [-0.05, 0) is 37.5 Å². The molecule has 0 heterocycles. The Hall–Kier alpha value is -0.730. The predicted molar refractivity (Wildman–Crippen MR) is 66.4 cm³/mol. The van der Waals surface area contributed by atoms with Crippen molar-refractivity contribution in [1.82, 2.24) is 0 Å². The number of halogens is 2. The molecule has 1 unspecified atom stereocenters. The van der Waals surface area contributed by atoms with Crippen LogP contribution in [0.15, 0.2) is 24.3 Å². The van der Waals surface area contributed by atoms with Crippen molar-refractivity contribution in [3.05, 3.63) is 34.9 Å². The van der Waals surface area contributed by atoms with E-state index in [1.54, 1.807) is 31.2 Å². The van der Waals surface area contributed by atoms with Crippen LogP contribution in [0.1, 0.15) is 25.3 Å². The molecule has 16 heavy (non-hydrogen) atoms. The number of alkyl halides is 1. The van der Waals surface area contributed by atoms with E-state index in [-0.39, 0.29) is 0 Å². The maximum Gasteiger partial charge on any atom is 0.313 e. The van der Waals surface area contributed by atoms with Gasteiger partial charge in [0.15, 0.2) is 0 Å². The summed E-state index contributed by atoms with van der Waals surface area (Å²) >= 11 is 11.4. The van der Waals surface area contributed by atoms with E-state index in [0.717, 1.165) is 5.56 Å². The average Bonchev–Trinajstić information content (AvgIpc) is 2.26. The van der Waals surface area contributed by atoms with Crippen LogP contribution in [0, 0.1) is 0 Å². The second-order valence-corrected chi connectivity index (χ2v) is 4.75. The molecule has 0 spiro atoms. The zero-order chi connectivity index (χ0) is 12.2. The molecule has 0 aliphatic carbocycles. The molecule has 0 aromatic heterocycles. The summed E-state index contributed by atoms with van der Waals surface area (Å²) in [7, 11) is 0. The van der Waals surface area contributed by atoms with E-state index in [1.807, 2.05) is 0 Å². The first-order valence-corrected chi connectivity index (χ1v) is 5.97. The van der Waals surface area contributed by atoms with Crippen molar-refractivity contribution in [3.63, 3.8) is 0 Å². The molecule has 0 aliphatic rings. The van der Waals surface area contributed by atoms with Crippen molar-refractivity contribution < 1.29 is 9.90 Å². The van der Waals surface area contributed by atoms with Crippen LogP contribution in [-0.2, 0) is 10.2 Å². The Bertz CT molecular complexity index is 362. The minimum absolute atomic E-state index is 0.469. The van der Waals surface area contributed by atoms with Gasteiger partial charge in [0.25, 0.3) is 0 Å². The molecule has 1 atom stereocenters. The Kier molecular flexibility index (Phi) is 4.63. The van der Waals surface area contributed by atoms with E-state index in [2.05, 4.69) is 0 Å². The van der Waals surface area contributed by atoms with E-state index in [1.165, 1.54) is 0 Å². The zero-order valence-corrected chi connectivity index (χ0v) is 10.6. The third kappa shape index (κ3) is 2.89. The second-order valence-electron chi connectivity index (χ2n) is 3.94. The number of aliphatic carboxylic acids is 1. The highest BCUT2D eigenvalue weighted by Crippen LogP contribution is 2.30. The predicted octanol–water partition coefficient (Wildman–Crippen LogP) is 3.70. The minimum atomic E-state index is -0.889. The molecule has 4 heteroatoms. The molecule has 0 saturated carbocycles. The van der Waals surface area contributed by atoms with E-state index in [0.29, 0.717) is 23.7 Å². The summed E-state index contributed by atoms with van der Waals surface area (Å²) in [5, 5.41) is 9.91. The Morgan fingerprint density at radius 3 is 2.38 bits per heavy atom. The van der Waals surface area contributed by atoms with Crippen molar-refractivity contribution >= 4 is 29.2 Å². The van der Waals surface area contributed by atoms with Crippen LogP contribution in [0.4, 0.5) is 0 Å². The Morgan fingerprint density at radius 2 is 1.94 bits per heavy atom. The van der Waals surface area contributed by atoms with Gasteiger partial charge in [0.2, 0.25) is 0 Å². The fourth-order valence-corrected chi connectivity index (χ4v) is 1.87. The monoisotopic (exact) mass is 260 g/mol. The van der Waals surface area contributed by atoms with Gasteiger partial charge in [-0.25, -0.2) is 0 Å². The summed E-state index contributed by atoms with van der Waals surface area (Å²) < 4.78 is 0. The van der Waals surface area contributed by atoms with E-state index in [4.69, 9.17) is 23.2 Å². The smallest absolute Gasteiger partial charge is 0.313 e. The number of carbonyl (C=O) groups is 1. The van der Waals surface area contributed by atoms with Crippen molar-refractivity contribution in [2.45, 2.75) is 25.2 Å². The van der Waals surface area contributed by atoms with Crippen molar-refractivity contribution in [1.29, 1.82) is 0 Å². The highest BCUT2D eigenvalue weighted by atomic mass is 35.5. The van der Waals surface area contributed by atoms with E-state index in [9.17, 15) is 9.90 Å². The standard InChI is InChI=1S/C12H14Cl2O2/c1-12(11(15)16,7-2-8-13)9-3-5-10(14)6-4-9/h3-6H,2,7-8H2,1H3,(H,15,16). The SMILES string of the molecule is CC(CCCCl)(C(=O)O)c1ccc(Cl)cc1. The van der Waals surface area contributed by atoms with Crippen LogP contribution in [0.5, 0.6) is 0 Å². The molecule has 2 nitrogen and oxygen atoms in total. The third-order valence-corrected chi connectivity index (χ3v) is 3.28. The quantitative estimate of drug-likeness (QED) is 0.820. The number of hydrogen-bond donors (Lipinski definition) is 1. The second kappa shape index (κ2) is 5.55. The molecule has 1 aromatic rings. The number of carboxylic acid groups (broad SMARTS) is 1. The van der Waals surface area contributed by atoms with Gasteiger partial charge in [-0.3, -0.25) is 4.79 Å². The molecular weight excluding hydrogens is 247 g/mol. The number of rotatable bonds is 5. The van der Waals surface area contributed by atoms with Crippen molar-refractivity contribution in [3.8, 4) is 0 Å². The number of benzene rings is 1. The third-order valence-electron chi connectivity index (χ3n) is 2.76. The van der Waals surface area contributed by atoms with Crippen LogP contribution in [0.3, 0.4) is 0 Å². The minimum Gasteiger partial charge on any atom is -0.481 e. The Morgan fingerprint density at radius 1 is 1.38 bits per heavy atom. The van der Waals surface area contributed by atoms with Gasteiger partial charge in [-0.2, -0.15) is 0 Å². The van der Waals surface area contributed by atoms with Gasteiger partial charge in [-0.1, -0.05) is 23.7 Å². The average molecular weight is 261 g/mol. The van der Waals surface area contributed by atoms with Crippen molar-refractivity contribution in [2.24, 2.45) is 0 Å². The molecule has 1 rings (SSSR count). The maximum absolute atomic E-state index is 11.3. The molecule has 0 aliphatic heterocycles. The lowest BCUT2D eigenvalue weighted by Gasteiger charge is -2.25. The fourth-order valence-electron chi connectivity index (χ4n) is 1.61. The first-order valence-electron chi connectivity index (χ1n) is 5.06. The molecule has 0 amide bonds. The molecule has 1 N–H and O–H groups in total. The van der Waals surface area contributed by atoms with Crippen LogP contribution in [-0.4, -0.2) is 17.0 Å². The zero-order valence-electron chi connectivity index (χ0n) is 9.04. The highest BCUT2D eigenvalue weighted by Gasteiger charge is 2.34. The van der Waals surface area contributed by atoms with Crippen LogP contribution >= 0.6 is 23.2 Å². The van der Waals surface area contributed by atoms with Gasteiger partial charge < -0.3 is 5.11 Å². The van der Waals surface area contributed by atoms with E-state index >= 15 is 0 Å². The Labute approximate surface area is 105 Å². The van der Waals surface area contributed by atoms with E-state index < -0.39 is 11.4 Å². The fraction of sp³-hybridized carbons (Fsp3) is 0.417. The lowest BCUT2D eigenvalue weighted by molar-refractivity contribution is -0.143. The molecule has 0 bridgehead atoms. The topological polar surface area (TPSA) is 37.3 Å². The molecule has 0 radical (unpaired) electrons. The first-order chi connectivity index (χ1) is 7.50. The summed E-state index contributed by atoms with van der Waals surface area (Å²) in [6.07, 6.45) is 1.19. The largest absolute Gasteiger partial charge is 0.481 e. The molecular formula is C12H14Cl2O2. The summed E-state index contributed by atoms with van der Waals surface area (Å²) in [4.78, 5) is 11.3. The summed E-state index contributed by atoms with van der Waals surface area (Å²) in [5.74, 6) is -0.365. The van der Waals surface area contributed by atoms with Gasteiger partial charge in [0.1, 0.15) is 0 Å². The molecule has 0 saturated heterocycles. The van der Waals surface area contributed by atoms with Crippen LogP contribution in [0.2, 0.25) is 5.02 Å². The van der Waals surface area contributed by atoms with Crippen LogP contribution < -0.4 is 0 Å². The molecule has 88 valence electrons. The molecule has 0 fully saturated rings. The van der Waals surface area contributed by atoms with Gasteiger partial charge in [-0.15, -0.1) is 11.6 Å². The van der Waals surface area contributed by atoms with Gasteiger partial charge in [0, 0.05) is 10.9 Å². The normalized spacial score (nSPS) is 14.4. The maximum atomic E-state index is 11.3. The highest BCUT2D eigenvalue weighted by molar-refractivity contribution is 6.30. The van der Waals surface area contributed by atoms with Crippen LogP contribution in [0.25, 0.3) is 0 Å². The van der Waals surface area contributed by atoms with Crippen molar-refractivity contribution in [2.75, 3.05) is 5.88 Å². The Balaban J connectivity index is 3.01. The number of carboxylic acids is 1. The lowest BCUT2D eigenvalue weighted by Crippen LogP contribution is -2.32. The summed E-state index contributed by atoms with van der Waals surface area (Å²) in [6.45, 7) is 1.71. The lowest BCUT2D eigenvalue weighted by atomic mass is 9.79. The van der Waals surface area contributed by atoms with Gasteiger partial charge in [0.05, 0.1) is 5.41 Å². The molecule has 1 aromatic carbocycles. The first kappa shape index (κ1) is 13.3. The summed E-state index contributed by atoms with van der Waals surface area (Å²) in [5.41, 5.74) is -0.131. The number of hydrogen-bond acceptors (Lipinski definition) is 1. The van der Waals surface area contributed by atoms with Gasteiger partial charge >= 0.3 is 5.97 Å². The summed E-state index contributed by atoms with van der Waals surface area (Å²) in [6, 6.07) is 6.92.